The number of rotatable bonds is 8. The van der Waals surface area contributed by atoms with E-state index in [0.29, 0.717) is 23.6 Å². The van der Waals surface area contributed by atoms with Gasteiger partial charge in [0.05, 0.1) is 0 Å². The molecule has 1 fully saturated rings. The quantitative estimate of drug-likeness (QED) is 0.426. The third-order valence-corrected chi connectivity index (χ3v) is 6.89. The number of carbonyl (C=O) groups excluding carboxylic acids is 1. The molecule has 0 aliphatic heterocycles. The van der Waals surface area contributed by atoms with Crippen LogP contribution in [0.25, 0.3) is 11.1 Å². The second-order valence-electron chi connectivity index (χ2n) is 10.1. The van der Waals surface area contributed by atoms with Gasteiger partial charge in [-0.2, -0.15) is 0 Å². The average Bonchev–Trinajstić information content (AvgIpc) is 2.84. The van der Waals surface area contributed by atoms with Crippen LogP contribution in [0.4, 0.5) is 0 Å². The summed E-state index contributed by atoms with van der Waals surface area (Å²) >= 11 is 0. The largest absolute Gasteiger partial charge is 0.352 e. The number of hydrogen-bond acceptors (Lipinski definition) is 2. The second-order valence-corrected chi connectivity index (χ2v) is 10.1. The van der Waals surface area contributed by atoms with Gasteiger partial charge in [-0.05, 0) is 71.9 Å². The highest BCUT2D eigenvalue weighted by atomic mass is 16.1. The molecule has 0 unspecified atom stereocenters. The SMILES string of the molecule is CC1(C)CCC(NCc2ccc(-c3cccc(C(=O)NCCc4ccccc4)c3)cc2)CC1. The number of nitrogens with one attached hydrogen (secondary N) is 2. The Morgan fingerprint density at radius 2 is 1.58 bits per heavy atom. The van der Waals surface area contributed by atoms with E-state index in [9.17, 15) is 4.79 Å². The fraction of sp³-hybridized carbons (Fsp3) is 0.367. The van der Waals surface area contributed by atoms with Crippen molar-refractivity contribution in [3.05, 3.63) is 95.6 Å². The molecular formula is C30H36N2O. The summed E-state index contributed by atoms with van der Waals surface area (Å²) in [4.78, 5) is 12.6. The minimum absolute atomic E-state index is 0.0238. The minimum Gasteiger partial charge on any atom is -0.352 e. The lowest BCUT2D eigenvalue weighted by Gasteiger charge is -2.34. The van der Waals surface area contributed by atoms with Gasteiger partial charge in [0.15, 0.2) is 0 Å². The van der Waals surface area contributed by atoms with Crippen molar-refractivity contribution >= 4 is 5.91 Å². The van der Waals surface area contributed by atoms with Gasteiger partial charge in [0, 0.05) is 24.7 Å². The summed E-state index contributed by atoms with van der Waals surface area (Å²) in [7, 11) is 0. The van der Waals surface area contributed by atoms with Gasteiger partial charge < -0.3 is 10.6 Å². The van der Waals surface area contributed by atoms with Crippen LogP contribution < -0.4 is 10.6 Å². The van der Waals surface area contributed by atoms with E-state index in [2.05, 4.69) is 66.9 Å². The first-order valence-corrected chi connectivity index (χ1v) is 12.2. The van der Waals surface area contributed by atoms with E-state index < -0.39 is 0 Å². The molecule has 4 rings (SSSR count). The highest BCUT2D eigenvalue weighted by Gasteiger charge is 2.26. The van der Waals surface area contributed by atoms with Crippen molar-refractivity contribution in [1.29, 1.82) is 0 Å². The molecule has 1 aliphatic carbocycles. The van der Waals surface area contributed by atoms with Crippen LogP contribution in [0, 0.1) is 5.41 Å². The molecule has 3 aromatic rings. The summed E-state index contributed by atoms with van der Waals surface area (Å²) in [5.74, 6) is -0.0238. The van der Waals surface area contributed by atoms with Crippen molar-refractivity contribution in [2.75, 3.05) is 6.54 Å². The maximum atomic E-state index is 12.6. The summed E-state index contributed by atoms with van der Waals surface area (Å²) in [5, 5.41) is 6.78. The molecule has 0 spiro atoms. The summed E-state index contributed by atoms with van der Waals surface area (Å²) in [6.45, 7) is 6.30. The number of benzene rings is 3. The van der Waals surface area contributed by atoms with E-state index in [1.165, 1.54) is 36.8 Å². The van der Waals surface area contributed by atoms with Gasteiger partial charge in [-0.3, -0.25) is 4.79 Å². The summed E-state index contributed by atoms with van der Waals surface area (Å²) in [6.07, 6.45) is 5.98. The van der Waals surface area contributed by atoms with Gasteiger partial charge in [0.25, 0.3) is 5.91 Å². The first kappa shape index (κ1) is 23.3. The van der Waals surface area contributed by atoms with Crippen LogP contribution >= 0.6 is 0 Å². The van der Waals surface area contributed by atoms with Gasteiger partial charge >= 0.3 is 0 Å². The highest BCUT2D eigenvalue weighted by Crippen LogP contribution is 2.35. The van der Waals surface area contributed by atoms with Crippen molar-refractivity contribution in [3.63, 3.8) is 0 Å². The third-order valence-electron chi connectivity index (χ3n) is 6.89. The van der Waals surface area contributed by atoms with E-state index in [-0.39, 0.29) is 5.91 Å². The van der Waals surface area contributed by atoms with Crippen LogP contribution in [0.3, 0.4) is 0 Å². The predicted molar refractivity (Wildman–Crippen MR) is 137 cm³/mol. The highest BCUT2D eigenvalue weighted by molar-refractivity contribution is 5.95. The molecule has 1 saturated carbocycles. The third kappa shape index (κ3) is 6.79. The Morgan fingerprint density at radius 3 is 2.30 bits per heavy atom. The van der Waals surface area contributed by atoms with Gasteiger partial charge in [-0.15, -0.1) is 0 Å². The second kappa shape index (κ2) is 10.8. The van der Waals surface area contributed by atoms with Crippen LogP contribution in [0.1, 0.15) is 61.0 Å². The Hall–Kier alpha value is -2.91. The van der Waals surface area contributed by atoms with Crippen LogP contribution in [0.5, 0.6) is 0 Å². The zero-order chi connectivity index (χ0) is 23.1. The lowest BCUT2D eigenvalue weighted by Crippen LogP contribution is -2.35. The molecule has 0 saturated heterocycles. The van der Waals surface area contributed by atoms with Gasteiger partial charge in [-0.25, -0.2) is 0 Å². The monoisotopic (exact) mass is 440 g/mol. The van der Waals surface area contributed by atoms with E-state index >= 15 is 0 Å². The molecule has 0 atom stereocenters. The van der Waals surface area contributed by atoms with Crippen LogP contribution in [-0.4, -0.2) is 18.5 Å². The van der Waals surface area contributed by atoms with Gasteiger partial charge in [-0.1, -0.05) is 80.6 Å². The summed E-state index contributed by atoms with van der Waals surface area (Å²) < 4.78 is 0. The molecule has 1 aliphatic rings. The minimum atomic E-state index is -0.0238. The zero-order valence-electron chi connectivity index (χ0n) is 19.9. The number of hydrogen-bond donors (Lipinski definition) is 2. The fourth-order valence-corrected chi connectivity index (χ4v) is 4.59. The number of amides is 1. The molecule has 33 heavy (non-hydrogen) atoms. The average molecular weight is 441 g/mol. The Balaban J connectivity index is 1.30. The first-order chi connectivity index (χ1) is 16.0. The maximum Gasteiger partial charge on any atom is 0.251 e. The lowest BCUT2D eigenvalue weighted by molar-refractivity contribution is 0.0954. The summed E-state index contributed by atoms with van der Waals surface area (Å²) in [6, 6.07) is 27.5. The molecule has 0 aromatic heterocycles. The predicted octanol–water partition coefficient (Wildman–Crippen LogP) is 6.38. The van der Waals surface area contributed by atoms with Gasteiger partial charge in [0.1, 0.15) is 0 Å². The molecule has 3 heteroatoms. The Kier molecular flexibility index (Phi) is 7.61. The van der Waals surface area contributed by atoms with E-state index in [0.717, 1.165) is 24.1 Å². The molecule has 3 aromatic carbocycles. The van der Waals surface area contributed by atoms with Crippen LogP contribution in [-0.2, 0) is 13.0 Å². The van der Waals surface area contributed by atoms with Crippen LogP contribution in [0.15, 0.2) is 78.9 Å². The standard InChI is InChI=1S/C30H36N2O/c1-30(2)18-15-28(16-19-30)32-22-24-11-13-25(14-12-24)26-9-6-10-27(21-26)29(33)31-20-17-23-7-4-3-5-8-23/h3-14,21,28,32H,15-20,22H2,1-2H3,(H,31,33). The smallest absolute Gasteiger partial charge is 0.251 e. The van der Waals surface area contributed by atoms with Crippen LogP contribution in [0.2, 0.25) is 0 Å². The van der Waals surface area contributed by atoms with E-state index in [1.807, 2.05) is 36.4 Å². The molecule has 0 heterocycles. The molecule has 3 nitrogen and oxygen atoms in total. The Morgan fingerprint density at radius 1 is 0.848 bits per heavy atom. The van der Waals surface area contributed by atoms with Crippen molar-refractivity contribution in [2.24, 2.45) is 5.41 Å². The molecule has 1 amide bonds. The topological polar surface area (TPSA) is 41.1 Å². The van der Waals surface area contributed by atoms with E-state index in [1.54, 1.807) is 0 Å². The molecule has 172 valence electrons. The van der Waals surface area contributed by atoms with Crippen molar-refractivity contribution in [3.8, 4) is 11.1 Å². The zero-order valence-corrected chi connectivity index (χ0v) is 19.9. The van der Waals surface area contributed by atoms with Gasteiger partial charge in [0.2, 0.25) is 0 Å². The Bertz CT molecular complexity index is 1030. The first-order valence-electron chi connectivity index (χ1n) is 12.2. The maximum absolute atomic E-state index is 12.6. The van der Waals surface area contributed by atoms with Crippen molar-refractivity contribution < 1.29 is 4.79 Å². The lowest BCUT2D eigenvalue weighted by atomic mass is 9.75. The molecule has 0 bridgehead atoms. The van der Waals surface area contributed by atoms with Crippen molar-refractivity contribution in [2.45, 2.75) is 58.5 Å². The van der Waals surface area contributed by atoms with E-state index in [4.69, 9.17) is 0 Å². The number of carbonyl (C=O) groups is 1. The molecule has 0 radical (unpaired) electrons. The molecular weight excluding hydrogens is 404 g/mol. The van der Waals surface area contributed by atoms with Crippen molar-refractivity contribution in [1.82, 2.24) is 10.6 Å². The summed E-state index contributed by atoms with van der Waals surface area (Å²) in [5.41, 5.74) is 5.95. The normalized spacial score (nSPS) is 15.8. The molecule has 2 N–H and O–H groups in total. The Labute approximate surface area is 198 Å². The fourth-order valence-electron chi connectivity index (χ4n) is 4.59.